The number of nitrogens with one attached hydrogen (secondary N) is 2. The van der Waals surface area contributed by atoms with Gasteiger partial charge in [0.05, 0.1) is 18.0 Å². The molecule has 0 aromatic carbocycles. The van der Waals surface area contributed by atoms with Gasteiger partial charge in [0.2, 0.25) is 0 Å². The van der Waals surface area contributed by atoms with Crippen molar-refractivity contribution in [3.05, 3.63) is 18.0 Å². The molecule has 0 aliphatic heterocycles. The second-order valence-corrected chi connectivity index (χ2v) is 6.84. The number of urea groups is 1. The van der Waals surface area contributed by atoms with Gasteiger partial charge in [0.25, 0.3) is 0 Å². The smallest absolute Gasteiger partial charge is 0.326 e. The van der Waals surface area contributed by atoms with Crippen LogP contribution in [0.2, 0.25) is 0 Å². The molecule has 1 heterocycles. The highest BCUT2D eigenvalue weighted by atomic mass is 32.2. The Balaban J connectivity index is 2.49. The van der Waals surface area contributed by atoms with E-state index in [9.17, 15) is 18.0 Å². The number of nitrogens with zero attached hydrogens (tertiary/aromatic N) is 2. The predicted octanol–water partition coefficient (Wildman–Crippen LogP) is -0.893. The molecule has 10 heteroatoms. The van der Waals surface area contributed by atoms with E-state index in [1.165, 1.54) is 0 Å². The van der Waals surface area contributed by atoms with Gasteiger partial charge in [0, 0.05) is 19.5 Å². The zero-order valence-corrected chi connectivity index (χ0v) is 12.6. The minimum atomic E-state index is -3.29. The number of amides is 2. The van der Waals surface area contributed by atoms with Crippen molar-refractivity contribution in [2.24, 2.45) is 7.05 Å². The predicted molar refractivity (Wildman–Crippen MR) is 74.3 cm³/mol. The zero-order valence-electron chi connectivity index (χ0n) is 11.7. The largest absolute Gasteiger partial charge is 0.480 e. The molecule has 9 nitrogen and oxygen atoms in total. The van der Waals surface area contributed by atoms with Crippen molar-refractivity contribution in [1.82, 2.24) is 20.4 Å². The molecule has 21 heavy (non-hydrogen) atoms. The van der Waals surface area contributed by atoms with E-state index in [-0.39, 0.29) is 18.7 Å². The Hall–Kier alpha value is -2.10. The monoisotopic (exact) mass is 318 g/mol. The van der Waals surface area contributed by atoms with Crippen LogP contribution in [-0.2, 0) is 28.2 Å². The molecule has 0 spiro atoms. The Labute approximate surface area is 122 Å². The number of carboxylic acid groups (broad SMARTS) is 1. The molecule has 0 fully saturated rings. The van der Waals surface area contributed by atoms with Crippen LogP contribution in [0.5, 0.6) is 0 Å². The SMILES string of the molecule is Cn1nccc1CNC(=O)NC(CCS(C)(=O)=O)C(=O)O. The van der Waals surface area contributed by atoms with Gasteiger partial charge in [-0.15, -0.1) is 0 Å². The van der Waals surface area contributed by atoms with Crippen LogP contribution < -0.4 is 10.6 Å². The van der Waals surface area contributed by atoms with Gasteiger partial charge < -0.3 is 15.7 Å². The zero-order chi connectivity index (χ0) is 16.0. The molecule has 0 radical (unpaired) electrons. The molecule has 1 rings (SSSR count). The fraction of sp³-hybridized carbons (Fsp3) is 0.545. The number of aromatic nitrogens is 2. The summed E-state index contributed by atoms with van der Waals surface area (Å²) in [4.78, 5) is 22.6. The van der Waals surface area contributed by atoms with E-state index in [2.05, 4.69) is 15.7 Å². The molecular formula is C11H18N4O5S. The Morgan fingerprint density at radius 1 is 1.48 bits per heavy atom. The van der Waals surface area contributed by atoms with Crippen LogP contribution in [0.1, 0.15) is 12.1 Å². The highest BCUT2D eigenvalue weighted by Crippen LogP contribution is 1.98. The molecule has 0 aliphatic carbocycles. The summed E-state index contributed by atoms with van der Waals surface area (Å²) in [5.74, 6) is -1.60. The van der Waals surface area contributed by atoms with Gasteiger partial charge in [-0.3, -0.25) is 4.68 Å². The molecule has 0 aliphatic rings. The average molecular weight is 318 g/mol. The number of aryl methyl sites for hydroxylation is 1. The first-order valence-corrected chi connectivity index (χ1v) is 8.17. The van der Waals surface area contributed by atoms with Crippen molar-refractivity contribution >= 4 is 21.8 Å². The van der Waals surface area contributed by atoms with Crippen LogP contribution in [0.4, 0.5) is 4.79 Å². The van der Waals surface area contributed by atoms with E-state index >= 15 is 0 Å². The number of carbonyl (C=O) groups excluding carboxylic acids is 1. The lowest BCUT2D eigenvalue weighted by molar-refractivity contribution is -0.139. The van der Waals surface area contributed by atoms with Gasteiger partial charge in [-0.2, -0.15) is 5.10 Å². The van der Waals surface area contributed by atoms with Crippen LogP contribution in [0, 0.1) is 0 Å². The van der Waals surface area contributed by atoms with E-state index in [4.69, 9.17) is 5.11 Å². The summed E-state index contributed by atoms with van der Waals surface area (Å²) >= 11 is 0. The first-order chi connectivity index (χ1) is 9.69. The third-order valence-electron chi connectivity index (χ3n) is 2.73. The van der Waals surface area contributed by atoms with Crippen LogP contribution in [-0.4, -0.2) is 53.4 Å². The summed E-state index contributed by atoms with van der Waals surface area (Å²) in [5.41, 5.74) is 0.744. The van der Waals surface area contributed by atoms with Gasteiger partial charge >= 0.3 is 12.0 Å². The fourth-order valence-electron chi connectivity index (χ4n) is 1.54. The minimum Gasteiger partial charge on any atom is -0.480 e. The highest BCUT2D eigenvalue weighted by molar-refractivity contribution is 7.90. The molecule has 1 unspecified atom stereocenters. The van der Waals surface area contributed by atoms with Gasteiger partial charge in [-0.1, -0.05) is 0 Å². The maximum atomic E-state index is 11.6. The van der Waals surface area contributed by atoms with Crippen LogP contribution in [0.3, 0.4) is 0 Å². The van der Waals surface area contributed by atoms with Crippen molar-refractivity contribution in [3.63, 3.8) is 0 Å². The number of hydrogen-bond acceptors (Lipinski definition) is 5. The average Bonchev–Trinajstić information content (AvgIpc) is 2.76. The molecular weight excluding hydrogens is 300 g/mol. The second-order valence-electron chi connectivity index (χ2n) is 4.58. The van der Waals surface area contributed by atoms with Gasteiger partial charge in [-0.25, -0.2) is 18.0 Å². The Morgan fingerprint density at radius 3 is 2.62 bits per heavy atom. The maximum absolute atomic E-state index is 11.6. The maximum Gasteiger partial charge on any atom is 0.326 e. The number of hydrogen-bond donors (Lipinski definition) is 3. The van der Waals surface area contributed by atoms with E-state index < -0.39 is 27.9 Å². The third-order valence-corrected chi connectivity index (χ3v) is 3.71. The first kappa shape index (κ1) is 17.0. The van der Waals surface area contributed by atoms with Crippen LogP contribution >= 0.6 is 0 Å². The molecule has 2 amide bonds. The third kappa shape index (κ3) is 6.25. The van der Waals surface area contributed by atoms with Gasteiger partial charge in [0.15, 0.2) is 0 Å². The molecule has 1 atom stereocenters. The quantitative estimate of drug-likeness (QED) is 0.597. The molecule has 1 aromatic heterocycles. The van der Waals surface area contributed by atoms with Crippen LogP contribution in [0.15, 0.2) is 12.3 Å². The summed E-state index contributed by atoms with van der Waals surface area (Å²) in [6.45, 7) is 0.181. The Kier molecular flexibility index (Phi) is 5.70. The van der Waals surface area contributed by atoms with Crippen molar-refractivity contribution < 1.29 is 23.1 Å². The second kappa shape index (κ2) is 7.07. The lowest BCUT2D eigenvalue weighted by Crippen LogP contribution is -2.46. The lowest BCUT2D eigenvalue weighted by Gasteiger charge is -2.14. The highest BCUT2D eigenvalue weighted by Gasteiger charge is 2.21. The normalized spacial score (nSPS) is 12.7. The van der Waals surface area contributed by atoms with Crippen molar-refractivity contribution in [3.8, 4) is 0 Å². The summed E-state index contributed by atoms with van der Waals surface area (Å²) in [6.07, 6.45) is 2.39. The standard InChI is InChI=1S/C11H18N4O5S/c1-15-8(3-5-13-15)7-12-11(18)14-9(10(16)17)4-6-21(2,19)20/h3,5,9H,4,6-7H2,1-2H3,(H,16,17)(H2,12,14,18). The molecule has 3 N–H and O–H groups in total. The van der Waals surface area contributed by atoms with Crippen molar-refractivity contribution in [2.75, 3.05) is 12.0 Å². The Morgan fingerprint density at radius 2 is 2.14 bits per heavy atom. The number of rotatable bonds is 7. The van der Waals surface area contributed by atoms with Crippen molar-refractivity contribution in [1.29, 1.82) is 0 Å². The molecule has 118 valence electrons. The van der Waals surface area contributed by atoms with E-state index in [0.717, 1.165) is 11.9 Å². The fourth-order valence-corrected chi connectivity index (χ4v) is 2.21. The van der Waals surface area contributed by atoms with E-state index in [1.54, 1.807) is 24.0 Å². The summed E-state index contributed by atoms with van der Waals surface area (Å²) < 4.78 is 23.6. The first-order valence-electron chi connectivity index (χ1n) is 6.11. The number of aliphatic carboxylic acids is 1. The number of carboxylic acids is 1. The van der Waals surface area contributed by atoms with E-state index in [1.807, 2.05) is 0 Å². The van der Waals surface area contributed by atoms with Gasteiger partial charge in [-0.05, 0) is 12.5 Å². The molecule has 0 saturated carbocycles. The van der Waals surface area contributed by atoms with Crippen molar-refractivity contribution in [2.45, 2.75) is 19.0 Å². The molecule has 0 bridgehead atoms. The van der Waals surface area contributed by atoms with Gasteiger partial charge in [0.1, 0.15) is 15.9 Å². The number of carbonyl (C=O) groups is 2. The molecule has 1 aromatic rings. The van der Waals surface area contributed by atoms with Crippen LogP contribution in [0.25, 0.3) is 0 Å². The summed E-state index contributed by atoms with van der Waals surface area (Å²) in [7, 11) is -1.58. The van der Waals surface area contributed by atoms with E-state index in [0.29, 0.717) is 0 Å². The summed E-state index contributed by atoms with van der Waals surface area (Å²) in [5, 5.41) is 17.6. The topological polar surface area (TPSA) is 130 Å². The lowest BCUT2D eigenvalue weighted by atomic mass is 10.2. The Bertz CT molecular complexity index is 610. The number of sulfone groups is 1. The summed E-state index contributed by atoms with van der Waals surface area (Å²) in [6, 6.07) is -0.234. The minimum absolute atomic E-state index is 0.181. The molecule has 0 saturated heterocycles.